The van der Waals surface area contributed by atoms with E-state index in [1.165, 1.54) is 24.3 Å². The van der Waals surface area contributed by atoms with E-state index in [0.29, 0.717) is 11.5 Å². The smallest absolute Gasteiger partial charge is 0.261 e. The highest BCUT2D eigenvalue weighted by atomic mass is 19.1. The molecule has 0 saturated heterocycles. The number of nitrogens with one attached hydrogen (secondary N) is 1. The fraction of sp³-hybridized carbons (Fsp3) is 0.278. The summed E-state index contributed by atoms with van der Waals surface area (Å²) in [6.07, 6.45) is -0.697. The minimum Gasteiger partial charge on any atom is -0.496 e. The Morgan fingerprint density at radius 2 is 1.74 bits per heavy atom. The predicted octanol–water partition coefficient (Wildman–Crippen LogP) is 3.48. The number of halogens is 1. The van der Waals surface area contributed by atoms with Crippen molar-refractivity contribution in [3.8, 4) is 11.5 Å². The van der Waals surface area contributed by atoms with Crippen LogP contribution in [0.5, 0.6) is 11.5 Å². The molecular weight excluding hydrogens is 297 g/mol. The van der Waals surface area contributed by atoms with E-state index in [1.54, 1.807) is 14.0 Å². The number of ether oxygens (including phenoxy) is 2. The molecule has 2 aromatic carbocycles. The van der Waals surface area contributed by atoms with Gasteiger partial charge in [0.1, 0.15) is 17.3 Å². The van der Waals surface area contributed by atoms with Crippen molar-refractivity contribution in [2.45, 2.75) is 26.0 Å². The standard InChI is InChI=1S/C18H20FNO3/c1-12(16-6-4-5-7-17(16)22-3)20-18(21)13(2)23-15-10-8-14(19)9-11-15/h4-13H,1-3H3,(H,20,21). The van der Waals surface area contributed by atoms with E-state index in [2.05, 4.69) is 5.32 Å². The van der Waals surface area contributed by atoms with Crippen LogP contribution >= 0.6 is 0 Å². The maximum atomic E-state index is 12.9. The summed E-state index contributed by atoms with van der Waals surface area (Å²) in [6.45, 7) is 3.52. The van der Waals surface area contributed by atoms with E-state index in [9.17, 15) is 9.18 Å². The van der Waals surface area contributed by atoms with Gasteiger partial charge in [-0.1, -0.05) is 18.2 Å². The Kier molecular flexibility index (Phi) is 5.57. The lowest BCUT2D eigenvalue weighted by atomic mass is 10.1. The zero-order chi connectivity index (χ0) is 16.8. The van der Waals surface area contributed by atoms with Crippen LogP contribution in [0, 0.1) is 5.82 Å². The predicted molar refractivity (Wildman–Crippen MR) is 86.0 cm³/mol. The Bertz CT molecular complexity index is 658. The summed E-state index contributed by atoms with van der Waals surface area (Å²) in [4.78, 5) is 12.2. The third-order valence-electron chi connectivity index (χ3n) is 3.46. The van der Waals surface area contributed by atoms with Gasteiger partial charge in [0, 0.05) is 5.56 Å². The van der Waals surface area contributed by atoms with E-state index in [0.717, 1.165) is 5.56 Å². The fourth-order valence-corrected chi connectivity index (χ4v) is 2.20. The Balaban J connectivity index is 1.98. The second kappa shape index (κ2) is 7.63. The van der Waals surface area contributed by atoms with Gasteiger partial charge in [-0.15, -0.1) is 0 Å². The lowest BCUT2D eigenvalue weighted by Gasteiger charge is -2.20. The number of rotatable bonds is 6. The maximum absolute atomic E-state index is 12.9. The van der Waals surface area contributed by atoms with Crippen molar-refractivity contribution in [1.29, 1.82) is 0 Å². The molecule has 0 aliphatic carbocycles. The van der Waals surface area contributed by atoms with Crippen LogP contribution in [0.4, 0.5) is 4.39 Å². The van der Waals surface area contributed by atoms with E-state index in [-0.39, 0.29) is 17.8 Å². The monoisotopic (exact) mass is 317 g/mol. The zero-order valence-corrected chi connectivity index (χ0v) is 13.4. The van der Waals surface area contributed by atoms with Gasteiger partial charge in [0.15, 0.2) is 6.10 Å². The second-order valence-corrected chi connectivity index (χ2v) is 5.19. The second-order valence-electron chi connectivity index (χ2n) is 5.19. The molecule has 0 fully saturated rings. The number of hydrogen-bond acceptors (Lipinski definition) is 3. The molecule has 4 nitrogen and oxygen atoms in total. The van der Waals surface area contributed by atoms with Crippen LogP contribution in [0.15, 0.2) is 48.5 Å². The van der Waals surface area contributed by atoms with Crippen LogP contribution in [-0.4, -0.2) is 19.1 Å². The highest BCUT2D eigenvalue weighted by Crippen LogP contribution is 2.24. The minimum absolute atomic E-state index is 0.224. The molecule has 0 aromatic heterocycles. The summed E-state index contributed by atoms with van der Waals surface area (Å²) in [7, 11) is 1.59. The van der Waals surface area contributed by atoms with Crippen molar-refractivity contribution in [2.24, 2.45) is 0 Å². The lowest BCUT2D eigenvalue weighted by Crippen LogP contribution is -2.37. The SMILES string of the molecule is COc1ccccc1C(C)NC(=O)C(C)Oc1ccc(F)cc1. The van der Waals surface area contributed by atoms with Crippen molar-refractivity contribution in [3.63, 3.8) is 0 Å². The van der Waals surface area contributed by atoms with Crippen molar-refractivity contribution in [2.75, 3.05) is 7.11 Å². The van der Waals surface area contributed by atoms with Crippen molar-refractivity contribution < 1.29 is 18.7 Å². The average Bonchev–Trinajstić information content (AvgIpc) is 2.56. The number of amides is 1. The summed E-state index contributed by atoms with van der Waals surface area (Å²) in [6, 6.07) is 12.8. The van der Waals surface area contributed by atoms with E-state index in [4.69, 9.17) is 9.47 Å². The number of carbonyl (C=O) groups is 1. The molecule has 0 aliphatic heterocycles. The van der Waals surface area contributed by atoms with Crippen molar-refractivity contribution in [1.82, 2.24) is 5.32 Å². The van der Waals surface area contributed by atoms with Gasteiger partial charge in [0.25, 0.3) is 5.91 Å². The largest absolute Gasteiger partial charge is 0.496 e. The van der Waals surface area contributed by atoms with E-state index >= 15 is 0 Å². The number of para-hydroxylation sites is 1. The summed E-state index contributed by atoms with van der Waals surface area (Å²) in [5, 5.41) is 2.88. The van der Waals surface area contributed by atoms with Crippen LogP contribution in [0.25, 0.3) is 0 Å². The van der Waals surface area contributed by atoms with Crippen molar-refractivity contribution in [3.05, 3.63) is 59.9 Å². The van der Waals surface area contributed by atoms with Crippen LogP contribution in [0.1, 0.15) is 25.5 Å². The van der Waals surface area contributed by atoms with Crippen molar-refractivity contribution >= 4 is 5.91 Å². The van der Waals surface area contributed by atoms with Crippen LogP contribution in [0.2, 0.25) is 0 Å². The van der Waals surface area contributed by atoms with Gasteiger partial charge in [-0.3, -0.25) is 4.79 Å². The van der Waals surface area contributed by atoms with Gasteiger partial charge in [-0.2, -0.15) is 0 Å². The molecular formula is C18H20FNO3. The quantitative estimate of drug-likeness (QED) is 0.887. The maximum Gasteiger partial charge on any atom is 0.261 e. The Labute approximate surface area is 135 Å². The van der Waals surface area contributed by atoms with Crippen LogP contribution in [0.3, 0.4) is 0 Å². The van der Waals surface area contributed by atoms with Crippen LogP contribution in [-0.2, 0) is 4.79 Å². The molecule has 2 unspecified atom stereocenters. The molecule has 0 aliphatic rings. The molecule has 2 rings (SSSR count). The first-order valence-corrected chi connectivity index (χ1v) is 7.36. The molecule has 0 bridgehead atoms. The lowest BCUT2D eigenvalue weighted by molar-refractivity contribution is -0.127. The highest BCUT2D eigenvalue weighted by Gasteiger charge is 2.19. The first-order chi connectivity index (χ1) is 11.0. The molecule has 2 atom stereocenters. The minimum atomic E-state index is -0.697. The molecule has 0 radical (unpaired) electrons. The Morgan fingerprint density at radius 3 is 2.39 bits per heavy atom. The number of hydrogen-bond donors (Lipinski definition) is 1. The summed E-state index contributed by atoms with van der Waals surface area (Å²) in [5.41, 5.74) is 0.886. The molecule has 1 N–H and O–H groups in total. The Morgan fingerprint density at radius 1 is 1.09 bits per heavy atom. The average molecular weight is 317 g/mol. The molecule has 23 heavy (non-hydrogen) atoms. The molecule has 0 spiro atoms. The highest BCUT2D eigenvalue weighted by molar-refractivity contribution is 5.81. The molecule has 1 amide bonds. The number of methoxy groups -OCH3 is 1. The van der Waals surface area contributed by atoms with Gasteiger partial charge in [0.05, 0.1) is 13.2 Å². The number of benzene rings is 2. The summed E-state index contributed by atoms with van der Waals surface area (Å²) >= 11 is 0. The van der Waals surface area contributed by atoms with Gasteiger partial charge in [-0.05, 0) is 44.2 Å². The molecule has 122 valence electrons. The third-order valence-corrected chi connectivity index (χ3v) is 3.46. The molecule has 0 heterocycles. The van der Waals surface area contributed by atoms with E-state index in [1.807, 2.05) is 31.2 Å². The fourth-order valence-electron chi connectivity index (χ4n) is 2.20. The normalized spacial score (nSPS) is 13.0. The van der Waals surface area contributed by atoms with E-state index < -0.39 is 6.10 Å². The van der Waals surface area contributed by atoms with Gasteiger partial charge >= 0.3 is 0 Å². The molecule has 5 heteroatoms. The number of carbonyl (C=O) groups excluding carboxylic acids is 1. The Hall–Kier alpha value is -2.56. The molecule has 2 aromatic rings. The topological polar surface area (TPSA) is 47.6 Å². The zero-order valence-electron chi connectivity index (χ0n) is 13.4. The first-order valence-electron chi connectivity index (χ1n) is 7.36. The van der Waals surface area contributed by atoms with Gasteiger partial charge in [0.2, 0.25) is 0 Å². The van der Waals surface area contributed by atoms with Gasteiger partial charge < -0.3 is 14.8 Å². The first kappa shape index (κ1) is 16.8. The molecule has 0 saturated carbocycles. The third kappa shape index (κ3) is 4.45. The van der Waals surface area contributed by atoms with Gasteiger partial charge in [-0.25, -0.2) is 4.39 Å². The van der Waals surface area contributed by atoms with Crippen LogP contribution < -0.4 is 14.8 Å². The summed E-state index contributed by atoms with van der Waals surface area (Å²) in [5.74, 6) is 0.554. The summed E-state index contributed by atoms with van der Waals surface area (Å²) < 4.78 is 23.7.